The second-order valence-electron chi connectivity index (χ2n) is 9.97. The summed E-state index contributed by atoms with van der Waals surface area (Å²) >= 11 is 0. The van der Waals surface area contributed by atoms with Crippen LogP contribution in [0.25, 0.3) is 11.1 Å². The fraction of sp³-hybridized carbons (Fsp3) is 0.385. The van der Waals surface area contributed by atoms with Crippen LogP contribution in [0, 0.1) is 11.6 Å². The number of likely N-dealkylation sites (N-methyl/N-ethyl adjacent to an activating group) is 1. The van der Waals surface area contributed by atoms with Gasteiger partial charge in [0.2, 0.25) is 11.5 Å². The number of carbonyl (C=O) groups excluding carboxylic acids is 1. The van der Waals surface area contributed by atoms with Crippen LogP contribution in [0.3, 0.4) is 0 Å². The predicted molar refractivity (Wildman–Crippen MR) is 141 cm³/mol. The van der Waals surface area contributed by atoms with Gasteiger partial charge in [-0.15, -0.1) is 0 Å². The van der Waals surface area contributed by atoms with Crippen molar-refractivity contribution in [2.75, 3.05) is 49.3 Å². The third kappa shape index (κ3) is 5.76. The van der Waals surface area contributed by atoms with E-state index in [-0.39, 0.29) is 23.3 Å². The standard InChI is InChI=1S/C26H28F5N7O2/c1-13-11-38(12-14(2)37(13)5)19-8-17(27)21(15-9-32-25(33-10-15)36(3)4)22(28)23(19)35-24(40)18-6-16(26(29,30)31)7-20(39)34-18/h6-10,13-14H,11-12H2,1-5H3,(H,34,39)(H,35,40)/t13-,14+. The highest BCUT2D eigenvalue weighted by Gasteiger charge is 2.34. The predicted octanol–water partition coefficient (Wildman–Crippen LogP) is 3.98. The van der Waals surface area contributed by atoms with E-state index < -0.39 is 51.8 Å². The van der Waals surface area contributed by atoms with Crippen molar-refractivity contribution in [1.29, 1.82) is 0 Å². The Labute approximate surface area is 226 Å². The number of hydrogen-bond donors (Lipinski definition) is 2. The molecule has 40 heavy (non-hydrogen) atoms. The molecular formula is C26H28F5N7O2. The maximum Gasteiger partial charge on any atom is 0.416 e. The minimum absolute atomic E-state index is 0.000877. The summed E-state index contributed by atoms with van der Waals surface area (Å²) in [6.45, 7) is 4.56. The van der Waals surface area contributed by atoms with Gasteiger partial charge in [-0.2, -0.15) is 13.2 Å². The second-order valence-corrected chi connectivity index (χ2v) is 9.97. The largest absolute Gasteiger partial charge is 0.416 e. The third-order valence-electron chi connectivity index (χ3n) is 6.88. The molecule has 0 bridgehead atoms. The zero-order valence-electron chi connectivity index (χ0n) is 22.4. The molecule has 2 N–H and O–H groups in total. The van der Waals surface area contributed by atoms with Crippen LogP contribution in [0.1, 0.15) is 29.9 Å². The Hall–Kier alpha value is -4.07. The molecule has 0 saturated carbocycles. The first kappa shape index (κ1) is 28.9. The van der Waals surface area contributed by atoms with E-state index in [1.54, 1.807) is 23.9 Å². The number of nitrogens with zero attached hydrogens (tertiary/aromatic N) is 5. The van der Waals surface area contributed by atoms with Crippen molar-refractivity contribution in [1.82, 2.24) is 19.9 Å². The molecule has 4 rings (SSSR count). The van der Waals surface area contributed by atoms with Gasteiger partial charge >= 0.3 is 6.18 Å². The average Bonchev–Trinajstić information content (AvgIpc) is 2.87. The summed E-state index contributed by atoms with van der Waals surface area (Å²) in [5, 5.41) is 2.28. The number of carbonyl (C=O) groups is 1. The molecule has 14 heteroatoms. The van der Waals surface area contributed by atoms with Gasteiger partial charge in [0, 0.05) is 69.4 Å². The van der Waals surface area contributed by atoms with Gasteiger partial charge in [0.1, 0.15) is 17.2 Å². The molecule has 1 aromatic carbocycles. The maximum absolute atomic E-state index is 16.2. The molecule has 1 aliphatic rings. The van der Waals surface area contributed by atoms with Gasteiger partial charge in [-0.05, 0) is 27.0 Å². The summed E-state index contributed by atoms with van der Waals surface area (Å²) in [5.74, 6) is -3.03. The zero-order valence-corrected chi connectivity index (χ0v) is 22.4. The molecular weight excluding hydrogens is 537 g/mol. The van der Waals surface area contributed by atoms with Crippen molar-refractivity contribution in [2.24, 2.45) is 0 Å². The number of alkyl halides is 3. The molecule has 2 atom stereocenters. The molecule has 0 aliphatic carbocycles. The van der Waals surface area contributed by atoms with Crippen LogP contribution in [0.4, 0.5) is 39.3 Å². The van der Waals surface area contributed by atoms with Gasteiger partial charge in [-0.25, -0.2) is 18.7 Å². The van der Waals surface area contributed by atoms with Crippen molar-refractivity contribution >= 4 is 23.2 Å². The van der Waals surface area contributed by atoms with E-state index in [1.165, 1.54) is 12.4 Å². The summed E-state index contributed by atoms with van der Waals surface area (Å²) in [4.78, 5) is 40.6. The number of aromatic nitrogens is 3. The number of aromatic amines is 1. The second kappa shape index (κ2) is 10.8. The van der Waals surface area contributed by atoms with Gasteiger partial charge in [-0.3, -0.25) is 14.5 Å². The number of halogens is 5. The summed E-state index contributed by atoms with van der Waals surface area (Å²) < 4.78 is 71.5. The smallest absolute Gasteiger partial charge is 0.367 e. The number of H-pyrrole nitrogens is 1. The summed E-state index contributed by atoms with van der Waals surface area (Å²) in [6, 6.07) is 1.78. The maximum atomic E-state index is 16.2. The molecule has 1 aliphatic heterocycles. The van der Waals surface area contributed by atoms with Crippen LogP contribution in [0.2, 0.25) is 0 Å². The van der Waals surface area contributed by atoms with Crippen LogP contribution < -0.4 is 20.7 Å². The first-order chi connectivity index (χ1) is 18.7. The Morgan fingerprint density at radius 2 is 1.68 bits per heavy atom. The van der Waals surface area contributed by atoms with E-state index in [4.69, 9.17) is 0 Å². The SMILES string of the molecule is C[C@@H]1CN(c2cc(F)c(-c3cnc(N(C)C)nc3)c(F)c2NC(=O)c2cc(C(F)(F)F)cc(=O)[nH]2)C[C@H](C)N1C. The number of anilines is 3. The molecule has 3 heterocycles. The highest BCUT2D eigenvalue weighted by Crippen LogP contribution is 2.39. The highest BCUT2D eigenvalue weighted by atomic mass is 19.4. The Bertz CT molecular complexity index is 1460. The highest BCUT2D eigenvalue weighted by molar-refractivity contribution is 6.05. The van der Waals surface area contributed by atoms with Crippen LogP contribution in [0.15, 0.2) is 35.4 Å². The molecule has 1 amide bonds. The molecule has 2 aromatic heterocycles. The van der Waals surface area contributed by atoms with E-state index in [0.717, 1.165) is 6.07 Å². The lowest BCUT2D eigenvalue weighted by Crippen LogP contribution is -2.55. The van der Waals surface area contributed by atoms with Crippen molar-refractivity contribution in [3.8, 4) is 11.1 Å². The number of piperazine rings is 1. The number of hydrogen-bond acceptors (Lipinski definition) is 7. The third-order valence-corrected chi connectivity index (χ3v) is 6.88. The summed E-state index contributed by atoms with van der Waals surface area (Å²) in [5.41, 5.74) is -4.26. The number of nitrogens with one attached hydrogen (secondary N) is 2. The average molecular weight is 566 g/mol. The molecule has 9 nitrogen and oxygen atoms in total. The van der Waals surface area contributed by atoms with Crippen molar-refractivity contribution < 1.29 is 26.7 Å². The fourth-order valence-corrected chi connectivity index (χ4v) is 4.53. The monoisotopic (exact) mass is 565 g/mol. The molecule has 0 unspecified atom stereocenters. The lowest BCUT2D eigenvalue weighted by molar-refractivity contribution is -0.137. The van der Waals surface area contributed by atoms with Gasteiger partial charge < -0.3 is 20.1 Å². The minimum atomic E-state index is -4.90. The number of rotatable bonds is 5. The first-order valence-electron chi connectivity index (χ1n) is 12.3. The summed E-state index contributed by atoms with van der Waals surface area (Å²) in [7, 11) is 5.30. The van der Waals surface area contributed by atoms with E-state index >= 15 is 8.78 Å². The van der Waals surface area contributed by atoms with E-state index in [0.29, 0.717) is 31.2 Å². The van der Waals surface area contributed by atoms with E-state index in [2.05, 4.69) is 20.2 Å². The van der Waals surface area contributed by atoms with Crippen molar-refractivity contribution in [3.05, 3.63) is 63.8 Å². The van der Waals surface area contributed by atoms with Gasteiger partial charge in [-0.1, -0.05) is 0 Å². The van der Waals surface area contributed by atoms with E-state index in [9.17, 15) is 22.8 Å². The Morgan fingerprint density at radius 1 is 1.07 bits per heavy atom. The lowest BCUT2D eigenvalue weighted by atomic mass is 10.0. The molecule has 1 saturated heterocycles. The Balaban J connectivity index is 1.84. The zero-order chi connectivity index (χ0) is 29.5. The summed E-state index contributed by atoms with van der Waals surface area (Å²) in [6.07, 6.45) is -2.45. The van der Waals surface area contributed by atoms with Gasteiger partial charge in [0.15, 0.2) is 5.82 Å². The minimum Gasteiger partial charge on any atom is -0.367 e. The lowest BCUT2D eigenvalue weighted by Gasteiger charge is -2.44. The van der Waals surface area contributed by atoms with Crippen LogP contribution in [-0.4, -0.2) is 72.1 Å². The number of pyridine rings is 1. The topological polar surface area (TPSA) is 97.5 Å². The molecule has 0 spiro atoms. The molecule has 0 radical (unpaired) electrons. The van der Waals surface area contributed by atoms with Gasteiger partial charge in [0.05, 0.1) is 16.8 Å². The number of amides is 1. The Kier molecular flexibility index (Phi) is 7.83. The molecule has 3 aromatic rings. The van der Waals surface area contributed by atoms with Crippen LogP contribution >= 0.6 is 0 Å². The van der Waals surface area contributed by atoms with Gasteiger partial charge in [0.25, 0.3) is 5.91 Å². The number of benzene rings is 1. The Morgan fingerprint density at radius 3 is 2.23 bits per heavy atom. The first-order valence-corrected chi connectivity index (χ1v) is 12.3. The normalized spacial score (nSPS) is 18.1. The van der Waals surface area contributed by atoms with E-state index in [1.807, 2.05) is 25.9 Å². The molecule has 1 fully saturated rings. The quantitative estimate of drug-likeness (QED) is 0.452. The molecule has 214 valence electrons. The van der Waals surface area contributed by atoms with Crippen LogP contribution in [-0.2, 0) is 6.18 Å². The van der Waals surface area contributed by atoms with Crippen molar-refractivity contribution in [3.63, 3.8) is 0 Å². The van der Waals surface area contributed by atoms with Crippen molar-refractivity contribution in [2.45, 2.75) is 32.1 Å². The fourth-order valence-electron chi connectivity index (χ4n) is 4.53. The van der Waals surface area contributed by atoms with Crippen LogP contribution in [0.5, 0.6) is 0 Å².